The van der Waals surface area contributed by atoms with Gasteiger partial charge < -0.3 is 30.3 Å². The molecule has 10 heteroatoms. The summed E-state index contributed by atoms with van der Waals surface area (Å²) in [6, 6.07) is 23.7. The fraction of sp³-hybridized carbons (Fsp3) is 0.426. The summed E-state index contributed by atoms with van der Waals surface area (Å²) in [5.41, 5.74) is 7.47. The van der Waals surface area contributed by atoms with Crippen LogP contribution in [0.25, 0.3) is 0 Å². The van der Waals surface area contributed by atoms with Crippen molar-refractivity contribution in [1.82, 2.24) is 0 Å². The molecule has 306 valence electrons. The topological polar surface area (TPSA) is 108 Å². The van der Waals surface area contributed by atoms with Crippen molar-refractivity contribution in [1.29, 1.82) is 0 Å². The number of benzene rings is 4. The Morgan fingerprint density at radius 2 is 1.02 bits per heavy atom. The van der Waals surface area contributed by atoms with E-state index in [1.807, 2.05) is 101 Å². The fourth-order valence-corrected chi connectivity index (χ4v) is 6.60. The number of nitrogens with zero attached hydrogens (tertiary/aromatic N) is 2. The average Bonchev–Trinajstić information content (AvgIpc) is 3.14. The number of aliphatic imine (C=N–C) groups is 2. The second kappa shape index (κ2) is 21.7. The molecule has 0 aliphatic heterocycles. The maximum atomic E-state index is 10.6. The van der Waals surface area contributed by atoms with E-state index in [-0.39, 0.29) is 48.8 Å². The molecule has 5 rings (SSSR count). The van der Waals surface area contributed by atoms with Crippen molar-refractivity contribution in [3.05, 3.63) is 106 Å². The molecule has 0 spiro atoms. The van der Waals surface area contributed by atoms with Gasteiger partial charge in [-0.25, -0.2) is 0 Å². The van der Waals surface area contributed by atoms with Gasteiger partial charge >= 0.3 is 25.8 Å². The Bertz CT molecular complexity index is 1830. The van der Waals surface area contributed by atoms with Gasteiger partial charge in [-0.3, -0.25) is 9.98 Å². The van der Waals surface area contributed by atoms with Crippen LogP contribution in [0.15, 0.2) is 82.8 Å². The van der Waals surface area contributed by atoms with E-state index in [1.54, 1.807) is 0 Å². The van der Waals surface area contributed by atoms with E-state index in [0.29, 0.717) is 29.8 Å². The molecule has 4 aromatic rings. The summed E-state index contributed by atoms with van der Waals surface area (Å²) < 4.78 is 10.8. The summed E-state index contributed by atoms with van der Waals surface area (Å²) in [5.74, 6) is 2.29. The Balaban J connectivity index is 0.000000328. The first-order chi connectivity index (χ1) is 26.5. The second-order valence-electron chi connectivity index (χ2n) is 16.4. The van der Waals surface area contributed by atoms with Crippen molar-refractivity contribution in [2.24, 2.45) is 9.98 Å². The van der Waals surface area contributed by atoms with E-state index in [2.05, 4.69) is 64.3 Å². The summed E-state index contributed by atoms with van der Waals surface area (Å²) in [6.45, 7) is 22.2. The van der Waals surface area contributed by atoms with E-state index in [4.69, 9.17) is 31.7 Å². The van der Waals surface area contributed by atoms with Gasteiger partial charge in [0.05, 0.1) is 25.3 Å². The Labute approximate surface area is 365 Å². The first-order valence-electron chi connectivity index (χ1n) is 19.8. The zero-order valence-electron chi connectivity index (χ0n) is 35.0. The van der Waals surface area contributed by atoms with Crippen LogP contribution in [-0.4, -0.2) is 78.9 Å². The SMILES string of the molecule is CCOc1ccc(NC(=S)Nc2ccc(OCC)cc2)cc1.Cc1cc(C(C)(C)C)cc(C=N[C@@H]2CCCC[C@H]2N=Cc2cc(C(C)(C)C)cc(C)c2O)c1O.[InH3]. The predicted octanol–water partition coefficient (Wildman–Crippen LogP) is 10.3. The van der Waals surface area contributed by atoms with Crippen molar-refractivity contribution >= 4 is 67.0 Å². The summed E-state index contributed by atoms with van der Waals surface area (Å²) in [4.78, 5) is 9.82. The van der Waals surface area contributed by atoms with Gasteiger partial charge in [0.1, 0.15) is 23.0 Å². The van der Waals surface area contributed by atoms with Crippen LogP contribution >= 0.6 is 12.2 Å². The van der Waals surface area contributed by atoms with Gasteiger partial charge in [0.15, 0.2) is 5.11 Å². The number of phenolic OH excluding ortho intramolecular Hbond substituents is 2. The molecule has 8 nitrogen and oxygen atoms in total. The number of hydrogen-bond acceptors (Lipinski definition) is 7. The van der Waals surface area contributed by atoms with Gasteiger partial charge in [-0.15, -0.1) is 0 Å². The minimum absolute atomic E-state index is 0. The molecule has 0 unspecified atom stereocenters. The van der Waals surface area contributed by atoms with Crippen molar-refractivity contribution in [2.45, 2.75) is 118 Å². The van der Waals surface area contributed by atoms with Gasteiger partial charge in [0, 0.05) is 34.9 Å². The number of nitrogens with one attached hydrogen (secondary N) is 2. The van der Waals surface area contributed by atoms with Crippen molar-refractivity contribution < 1.29 is 19.7 Å². The van der Waals surface area contributed by atoms with Crippen LogP contribution in [0.4, 0.5) is 11.4 Å². The maximum absolute atomic E-state index is 10.6. The number of aryl methyl sites for hydroxylation is 2. The monoisotopic (exact) mass is 896 g/mol. The second-order valence-corrected chi connectivity index (χ2v) is 16.8. The van der Waals surface area contributed by atoms with Gasteiger partial charge in [0.25, 0.3) is 0 Å². The Kier molecular flexibility index (Phi) is 18.0. The molecule has 4 N–H and O–H groups in total. The molecular formula is C47H65InN4O4S. The van der Waals surface area contributed by atoms with Gasteiger partial charge in [-0.05, 0) is 147 Å². The van der Waals surface area contributed by atoms with Gasteiger partial charge in [0.2, 0.25) is 0 Å². The molecule has 0 heterocycles. The molecule has 1 aliphatic carbocycles. The van der Waals surface area contributed by atoms with E-state index >= 15 is 0 Å². The van der Waals surface area contributed by atoms with E-state index < -0.39 is 0 Å². The van der Waals surface area contributed by atoms with Gasteiger partial charge in [-0.1, -0.05) is 66.5 Å². The normalized spacial score (nSPS) is 15.7. The number of thiocarbonyl (C=S) groups is 1. The number of hydrogen-bond donors (Lipinski definition) is 4. The Morgan fingerprint density at radius 3 is 1.33 bits per heavy atom. The third-order valence-electron chi connectivity index (χ3n) is 9.74. The van der Waals surface area contributed by atoms with Crippen LogP contribution in [0.2, 0.25) is 0 Å². The number of phenols is 2. The zero-order valence-corrected chi connectivity index (χ0v) is 35.8. The first kappa shape index (κ1) is 47.4. The molecule has 1 aliphatic rings. The molecule has 2 atom stereocenters. The molecular weight excluding hydrogens is 831 g/mol. The van der Waals surface area contributed by atoms with E-state index in [0.717, 1.165) is 70.8 Å². The summed E-state index contributed by atoms with van der Waals surface area (Å²) in [6.07, 6.45) is 7.88. The van der Waals surface area contributed by atoms with Crippen molar-refractivity contribution in [2.75, 3.05) is 23.8 Å². The first-order valence-corrected chi connectivity index (χ1v) is 20.2. The molecule has 1 saturated carbocycles. The summed E-state index contributed by atoms with van der Waals surface area (Å²) >= 11 is 5.30. The number of rotatable bonds is 10. The molecule has 1 fully saturated rings. The zero-order chi connectivity index (χ0) is 41.0. The van der Waals surface area contributed by atoms with Gasteiger partial charge in [-0.2, -0.15) is 0 Å². The third-order valence-corrected chi connectivity index (χ3v) is 9.95. The molecule has 57 heavy (non-hydrogen) atoms. The minimum atomic E-state index is 0. The van der Waals surface area contributed by atoms with Crippen LogP contribution in [0.1, 0.15) is 114 Å². The molecule has 4 aromatic carbocycles. The Hall–Kier alpha value is -4.02. The van der Waals surface area contributed by atoms with Crippen LogP contribution in [-0.2, 0) is 10.8 Å². The molecule has 0 aromatic heterocycles. The number of aromatic hydroxyl groups is 2. The molecule has 0 radical (unpaired) electrons. The standard InChI is InChI=1S/C30H42N2O2.C17H20N2O2S.In.3H/c1-19-13-23(29(3,4)5)15-21(27(19)33)17-31-25-11-9-10-12-26(25)32-18-22-16-24(30(6,7)8)14-20(2)28(22)34;1-3-20-15-9-5-13(6-10-15)18-17(22)19-14-7-11-16(12-8-14)21-4-2;;;;/h13-18,25-26,33-34H,9-12H2,1-8H3;5-12H,3-4H2,1-2H3,(H2,18,19,22);;;;/t25-,26-;;;;;/m1...../s1. The predicted molar refractivity (Wildman–Crippen MR) is 249 cm³/mol. The Morgan fingerprint density at radius 1 is 0.667 bits per heavy atom. The molecule has 0 bridgehead atoms. The fourth-order valence-electron chi connectivity index (χ4n) is 6.36. The molecule has 0 amide bonds. The number of anilines is 2. The number of ether oxygens (including phenoxy) is 2. The van der Waals surface area contributed by atoms with Crippen molar-refractivity contribution in [3.63, 3.8) is 0 Å². The molecule has 0 saturated heterocycles. The van der Waals surface area contributed by atoms with E-state index in [1.165, 1.54) is 11.1 Å². The summed E-state index contributed by atoms with van der Waals surface area (Å²) in [7, 11) is 0. The van der Waals surface area contributed by atoms with Crippen LogP contribution in [0.5, 0.6) is 23.0 Å². The van der Waals surface area contributed by atoms with Crippen LogP contribution in [0.3, 0.4) is 0 Å². The van der Waals surface area contributed by atoms with Crippen molar-refractivity contribution in [3.8, 4) is 23.0 Å². The van der Waals surface area contributed by atoms with Crippen LogP contribution < -0.4 is 20.1 Å². The third kappa shape index (κ3) is 14.4. The van der Waals surface area contributed by atoms with Crippen LogP contribution in [0, 0.1) is 13.8 Å². The van der Waals surface area contributed by atoms with E-state index in [9.17, 15) is 10.2 Å². The quantitative estimate of drug-likeness (QED) is 0.0928. The summed E-state index contributed by atoms with van der Waals surface area (Å²) in [5, 5.41) is 28.1. The average molecular weight is 897 g/mol.